The van der Waals surface area contributed by atoms with Gasteiger partial charge in [0.15, 0.2) is 11.0 Å². The second-order valence-corrected chi connectivity index (χ2v) is 9.29. The molecular weight excluding hydrogens is 354 g/mol. The molecule has 4 rings (SSSR count). The molecule has 132 valence electrons. The molecule has 0 amide bonds. The number of rotatable bonds is 6. The van der Waals surface area contributed by atoms with Crippen LogP contribution in [0.15, 0.2) is 27.2 Å². The molecule has 3 aromatic rings. The van der Waals surface area contributed by atoms with Gasteiger partial charge in [-0.2, -0.15) is 4.98 Å². The van der Waals surface area contributed by atoms with E-state index in [0.717, 1.165) is 17.4 Å². The molecule has 1 aliphatic rings. The molecule has 0 atom stereocenters. The van der Waals surface area contributed by atoms with Crippen LogP contribution in [-0.2, 0) is 17.6 Å². The van der Waals surface area contributed by atoms with Gasteiger partial charge in [0.05, 0.1) is 5.75 Å². The Hall–Kier alpha value is -1.67. The molecule has 1 fully saturated rings. The Labute approximate surface area is 155 Å². The van der Waals surface area contributed by atoms with Crippen LogP contribution in [0.25, 0.3) is 0 Å². The lowest BCUT2D eigenvalue weighted by atomic mass is 9.97. The largest absolute Gasteiger partial charge is 0.339 e. The summed E-state index contributed by atoms with van der Waals surface area (Å²) in [5.41, 5.74) is -0.127. The quantitative estimate of drug-likeness (QED) is 0.600. The van der Waals surface area contributed by atoms with Crippen molar-refractivity contribution in [3.63, 3.8) is 0 Å². The number of thiophene rings is 1. The van der Waals surface area contributed by atoms with E-state index in [9.17, 15) is 0 Å². The maximum atomic E-state index is 5.37. The number of thioether (sulfide) groups is 1. The monoisotopic (exact) mass is 375 g/mol. The van der Waals surface area contributed by atoms with Gasteiger partial charge in [-0.3, -0.25) is 0 Å². The Bertz CT molecular complexity index is 843. The fourth-order valence-corrected chi connectivity index (χ4v) is 4.11. The predicted molar refractivity (Wildman–Crippen MR) is 98.0 cm³/mol. The van der Waals surface area contributed by atoms with Crippen LogP contribution in [0, 0.1) is 0 Å². The second kappa shape index (κ2) is 6.57. The summed E-state index contributed by atoms with van der Waals surface area (Å²) in [5, 5.41) is 16.0. The van der Waals surface area contributed by atoms with Crippen LogP contribution in [0.4, 0.5) is 0 Å². The summed E-state index contributed by atoms with van der Waals surface area (Å²) in [6, 6.07) is 4.77. The number of hydrogen-bond acceptors (Lipinski definition) is 7. The van der Waals surface area contributed by atoms with E-state index in [-0.39, 0.29) is 5.41 Å². The van der Waals surface area contributed by atoms with Crippen molar-refractivity contribution in [1.82, 2.24) is 24.9 Å². The van der Waals surface area contributed by atoms with Crippen LogP contribution >= 0.6 is 23.1 Å². The summed E-state index contributed by atoms with van der Waals surface area (Å²) >= 11 is 3.40. The molecule has 3 heterocycles. The molecule has 0 spiro atoms. The molecule has 0 saturated heterocycles. The Morgan fingerprint density at radius 3 is 2.80 bits per heavy atom. The minimum Gasteiger partial charge on any atom is -0.339 e. The maximum absolute atomic E-state index is 5.37. The molecule has 0 aromatic carbocycles. The molecule has 0 radical (unpaired) electrons. The van der Waals surface area contributed by atoms with Crippen LogP contribution in [-0.4, -0.2) is 24.9 Å². The third-order valence-corrected chi connectivity index (χ3v) is 5.82. The first-order valence-corrected chi connectivity index (χ1v) is 10.3. The normalized spacial score (nSPS) is 15.0. The fourth-order valence-electron chi connectivity index (χ4n) is 2.54. The Balaban J connectivity index is 1.49. The number of hydrogen-bond donors (Lipinski definition) is 0. The van der Waals surface area contributed by atoms with Crippen LogP contribution < -0.4 is 0 Å². The smallest absolute Gasteiger partial charge is 0.232 e. The summed E-state index contributed by atoms with van der Waals surface area (Å²) in [6.07, 6.45) is 3.26. The Kier molecular flexibility index (Phi) is 4.41. The molecule has 6 nitrogen and oxygen atoms in total. The van der Waals surface area contributed by atoms with E-state index in [2.05, 4.69) is 63.2 Å². The van der Waals surface area contributed by atoms with E-state index in [1.54, 1.807) is 23.1 Å². The van der Waals surface area contributed by atoms with Crippen molar-refractivity contribution in [1.29, 1.82) is 0 Å². The molecular formula is C17H21N5OS2. The van der Waals surface area contributed by atoms with Crippen molar-refractivity contribution >= 4 is 23.1 Å². The molecule has 0 aliphatic heterocycles. The van der Waals surface area contributed by atoms with Crippen molar-refractivity contribution < 1.29 is 4.52 Å². The summed E-state index contributed by atoms with van der Waals surface area (Å²) < 4.78 is 7.67. The first kappa shape index (κ1) is 16.8. The van der Waals surface area contributed by atoms with Gasteiger partial charge < -0.3 is 9.09 Å². The van der Waals surface area contributed by atoms with Gasteiger partial charge in [-0.15, -0.1) is 21.5 Å². The summed E-state index contributed by atoms with van der Waals surface area (Å²) in [7, 11) is 0. The highest BCUT2D eigenvalue weighted by Crippen LogP contribution is 2.39. The zero-order valence-electron chi connectivity index (χ0n) is 14.6. The molecule has 8 heteroatoms. The van der Waals surface area contributed by atoms with Crippen LogP contribution in [0.5, 0.6) is 0 Å². The lowest BCUT2D eigenvalue weighted by molar-refractivity contribution is 0.319. The minimum absolute atomic E-state index is 0.127. The third kappa shape index (κ3) is 3.79. The van der Waals surface area contributed by atoms with Crippen molar-refractivity contribution in [3.05, 3.63) is 39.9 Å². The molecule has 0 unspecified atom stereocenters. The third-order valence-electron chi connectivity index (χ3n) is 4.00. The highest BCUT2D eigenvalue weighted by molar-refractivity contribution is 7.98. The second-order valence-electron chi connectivity index (χ2n) is 7.31. The van der Waals surface area contributed by atoms with E-state index in [1.807, 2.05) is 0 Å². The summed E-state index contributed by atoms with van der Waals surface area (Å²) in [5.74, 6) is 3.07. The Morgan fingerprint density at radius 2 is 2.16 bits per heavy atom. The maximum Gasteiger partial charge on any atom is 0.232 e. The van der Waals surface area contributed by atoms with Gasteiger partial charge >= 0.3 is 0 Å². The number of nitrogens with zero attached hydrogens (tertiary/aromatic N) is 5. The zero-order chi connectivity index (χ0) is 17.4. The van der Waals surface area contributed by atoms with Gasteiger partial charge in [-0.25, -0.2) is 0 Å². The van der Waals surface area contributed by atoms with Crippen molar-refractivity contribution in [2.45, 2.75) is 62.4 Å². The first-order chi connectivity index (χ1) is 12.0. The van der Waals surface area contributed by atoms with Crippen molar-refractivity contribution in [3.8, 4) is 0 Å². The molecule has 0 bridgehead atoms. The highest BCUT2D eigenvalue weighted by atomic mass is 32.2. The summed E-state index contributed by atoms with van der Waals surface area (Å²) in [6.45, 7) is 6.20. The highest BCUT2D eigenvalue weighted by Gasteiger charge is 2.30. The fraction of sp³-hybridized carbons (Fsp3) is 0.529. The Morgan fingerprint density at radius 1 is 1.32 bits per heavy atom. The van der Waals surface area contributed by atoms with Crippen LogP contribution in [0.3, 0.4) is 0 Å². The van der Waals surface area contributed by atoms with Crippen LogP contribution in [0.2, 0.25) is 0 Å². The van der Waals surface area contributed by atoms with Crippen molar-refractivity contribution in [2.75, 3.05) is 0 Å². The first-order valence-electron chi connectivity index (χ1n) is 8.43. The SMILES string of the molecule is CC(C)(C)c1nc(CSc2nnc(Cc3cccs3)n2C2CC2)no1. The van der Waals surface area contributed by atoms with E-state index >= 15 is 0 Å². The molecule has 1 aliphatic carbocycles. The lowest BCUT2D eigenvalue weighted by Crippen LogP contribution is -2.11. The van der Waals surface area contributed by atoms with E-state index < -0.39 is 0 Å². The van der Waals surface area contributed by atoms with E-state index in [1.165, 1.54) is 17.7 Å². The number of aromatic nitrogens is 5. The lowest BCUT2D eigenvalue weighted by Gasteiger charge is -2.10. The van der Waals surface area contributed by atoms with Gasteiger partial charge in [-0.05, 0) is 24.3 Å². The molecule has 0 N–H and O–H groups in total. The van der Waals surface area contributed by atoms with E-state index in [4.69, 9.17) is 4.52 Å². The molecule has 1 saturated carbocycles. The topological polar surface area (TPSA) is 69.6 Å². The van der Waals surface area contributed by atoms with E-state index in [0.29, 0.717) is 23.5 Å². The molecule has 3 aromatic heterocycles. The summed E-state index contributed by atoms with van der Waals surface area (Å²) in [4.78, 5) is 5.82. The minimum atomic E-state index is -0.127. The standard InChI is InChI=1S/C17H21N5OS2/c1-17(2,3)15-18-13(21-23-15)10-25-16-20-19-14(22(16)11-6-7-11)9-12-5-4-8-24-12/h4-5,8,11H,6-7,9-10H2,1-3H3. The van der Waals surface area contributed by atoms with Gasteiger partial charge in [0.25, 0.3) is 0 Å². The predicted octanol–water partition coefficient (Wildman–Crippen LogP) is 4.24. The van der Waals surface area contributed by atoms with Gasteiger partial charge in [0, 0.05) is 22.8 Å². The van der Waals surface area contributed by atoms with Crippen molar-refractivity contribution in [2.24, 2.45) is 0 Å². The molecule has 25 heavy (non-hydrogen) atoms. The average Bonchev–Trinajstić information content (AvgIpc) is 2.99. The zero-order valence-corrected chi connectivity index (χ0v) is 16.2. The van der Waals surface area contributed by atoms with Crippen LogP contribution in [0.1, 0.15) is 62.1 Å². The van der Waals surface area contributed by atoms with Gasteiger partial charge in [0.2, 0.25) is 5.89 Å². The van der Waals surface area contributed by atoms with Gasteiger partial charge in [0.1, 0.15) is 5.82 Å². The average molecular weight is 376 g/mol. The van der Waals surface area contributed by atoms with Gasteiger partial charge in [-0.1, -0.05) is 43.8 Å².